The Balaban J connectivity index is 1.88. The van der Waals surface area contributed by atoms with Crippen LogP contribution in [0.25, 0.3) is 0 Å². The van der Waals surface area contributed by atoms with Crippen LogP contribution < -0.4 is 5.32 Å². The Morgan fingerprint density at radius 3 is 2.71 bits per heavy atom. The van der Waals surface area contributed by atoms with Gasteiger partial charge in [0.2, 0.25) is 0 Å². The second-order valence-corrected chi connectivity index (χ2v) is 6.94. The number of methoxy groups -OCH3 is 1. The molecule has 1 aromatic rings. The Kier molecular flexibility index (Phi) is 10.2. The van der Waals surface area contributed by atoms with E-state index in [1.165, 1.54) is 12.1 Å². The average Bonchev–Trinajstić information content (AvgIpc) is 2.69. The summed E-state index contributed by atoms with van der Waals surface area (Å²) in [7, 11) is 1.67. The predicted octanol–water partition coefficient (Wildman–Crippen LogP) is 3.00. The number of ether oxygens (including phenoxy) is 3. The minimum Gasteiger partial charge on any atom is -0.382 e. The molecule has 2 unspecified atom stereocenters. The van der Waals surface area contributed by atoms with Crippen LogP contribution in [0.4, 0.5) is 4.39 Å². The molecule has 0 radical (unpaired) electrons. The molecule has 2 rings (SSSR count). The second-order valence-electron chi connectivity index (χ2n) is 6.94. The molecule has 0 aromatic heterocycles. The van der Waals surface area contributed by atoms with E-state index in [4.69, 9.17) is 19.2 Å². The zero-order valence-corrected chi connectivity index (χ0v) is 17.3. The summed E-state index contributed by atoms with van der Waals surface area (Å²) in [5, 5.41) is 3.39. The number of halogens is 1. The van der Waals surface area contributed by atoms with Crippen molar-refractivity contribution < 1.29 is 18.6 Å². The van der Waals surface area contributed by atoms with Crippen LogP contribution in [0.15, 0.2) is 29.3 Å². The highest BCUT2D eigenvalue weighted by molar-refractivity contribution is 5.80. The lowest BCUT2D eigenvalue weighted by atomic mass is 10.1. The Morgan fingerprint density at radius 2 is 2.00 bits per heavy atom. The molecular formula is C21H34FN3O3. The van der Waals surface area contributed by atoms with Crippen molar-refractivity contribution in [3.63, 3.8) is 0 Å². The molecule has 0 spiro atoms. The molecule has 1 aliphatic rings. The van der Waals surface area contributed by atoms with E-state index in [9.17, 15) is 4.39 Å². The highest BCUT2D eigenvalue weighted by Gasteiger charge is 2.28. The van der Waals surface area contributed by atoms with Gasteiger partial charge in [-0.25, -0.2) is 4.39 Å². The maximum atomic E-state index is 13.2. The fourth-order valence-electron chi connectivity index (χ4n) is 3.16. The minimum atomic E-state index is -0.231. The molecule has 1 fully saturated rings. The zero-order valence-electron chi connectivity index (χ0n) is 17.3. The summed E-state index contributed by atoms with van der Waals surface area (Å²) >= 11 is 0. The van der Waals surface area contributed by atoms with Crippen molar-refractivity contribution >= 4 is 5.96 Å². The highest BCUT2D eigenvalue weighted by atomic mass is 19.1. The van der Waals surface area contributed by atoms with Gasteiger partial charge in [-0.2, -0.15) is 0 Å². The summed E-state index contributed by atoms with van der Waals surface area (Å²) in [6, 6.07) is 6.56. The molecule has 1 N–H and O–H groups in total. The van der Waals surface area contributed by atoms with Gasteiger partial charge in [0.25, 0.3) is 0 Å². The first-order valence-electron chi connectivity index (χ1n) is 10.1. The van der Waals surface area contributed by atoms with E-state index in [1.807, 2.05) is 0 Å². The van der Waals surface area contributed by atoms with Gasteiger partial charge in [0, 0.05) is 33.4 Å². The third kappa shape index (κ3) is 7.73. The van der Waals surface area contributed by atoms with E-state index in [-0.39, 0.29) is 18.0 Å². The number of aliphatic imine (C=N–C) groups is 1. The van der Waals surface area contributed by atoms with Gasteiger partial charge in [0.1, 0.15) is 11.9 Å². The Bertz CT molecular complexity index is 583. The lowest BCUT2D eigenvalue weighted by Crippen LogP contribution is -2.50. The molecule has 1 saturated heterocycles. The zero-order chi connectivity index (χ0) is 20.2. The van der Waals surface area contributed by atoms with Crippen molar-refractivity contribution in [2.45, 2.75) is 38.9 Å². The van der Waals surface area contributed by atoms with Crippen LogP contribution in [0.1, 0.15) is 38.4 Å². The van der Waals surface area contributed by atoms with Crippen molar-refractivity contribution in [1.82, 2.24) is 10.2 Å². The number of hydrogen-bond donors (Lipinski definition) is 1. The maximum Gasteiger partial charge on any atom is 0.194 e. The monoisotopic (exact) mass is 395 g/mol. The molecule has 28 heavy (non-hydrogen) atoms. The molecule has 158 valence electrons. The van der Waals surface area contributed by atoms with Crippen molar-refractivity contribution in [3.05, 3.63) is 35.6 Å². The smallest absolute Gasteiger partial charge is 0.194 e. The van der Waals surface area contributed by atoms with Gasteiger partial charge < -0.3 is 24.4 Å². The molecule has 0 bridgehead atoms. The summed E-state index contributed by atoms with van der Waals surface area (Å²) in [5.41, 5.74) is 0.988. The number of nitrogens with one attached hydrogen (secondary N) is 1. The molecular weight excluding hydrogens is 361 g/mol. The standard InChI is InChI=1S/C21H34FN3O3/c1-4-23-21(24-11-5-6-12-27-14-13-26-3)25-15-17(2)28-20(16-25)18-7-9-19(22)10-8-18/h7-10,17,20H,4-6,11-16H2,1-3H3,(H,23,24). The fraction of sp³-hybridized carbons (Fsp3) is 0.667. The van der Waals surface area contributed by atoms with Crippen LogP contribution in [0.5, 0.6) is 0 Å². The van der Waals surface area contributed by atoms with Gasteiger partial charge in [0.15, 0.2) is 5.96 Å². The summed E-state index contributed by atoms with van der Waals surface area (Å²) in [6.45, 7) is 9.17. The number of nitrogens with zero attached hydrogens (tertiary/aromatic N) is 2. The molecule has 2 atom stereocenters. The Hall–Kier alpha value is -1.70. The van der Waals surface area contributed by atoms with Crippen molar-refractivity contribution in [2.24, 2.45) is 4.99 Å². The molecule has 0 aliphatic carbocycles. The van der Waals surface area contributed by atoms with Crippen LogP contribution >= 0.6 is 0 Å². The topological polar surface area (TPSA) is 55.3 Å². The lowest BCUT2D eigenvalue weighted by Gasteiger charge is -2.38. The van der Waals surface area contributed by atoms with E-state index in [1.54, 1.807) is 19.2 Å². The van der Waals surface area contributed by atoms with E-state index in [0.29, 0.717) is 19.8 Å². The highest BCUT2D eigenvalue weighted by Crippen LogP contribution is 2.25. The Morgan fingerprint density at radius 1 is 1.21 bits per heavy atom. The second kappa shape index (κ2) is 12.7. The van der Waals surface area contributed by atoms with Gasteiger partial charge in [-0.05, 0) is 44.4 Å². The normalized spacial score (nSPS) is 20.4. The SMILES string of the molecule is CCNC(=NCCCCOCCOC)N1CC(C)OC(c2ccc(F)cc2)C1. The number of morpholine rings is 1. The summed E-state index contributed by atoms with van der Waals surface area (Å²) in [6.07, 6.45) is 1.93. The molecule has 6 nitrogen and oxygen atoms in total. The Labute approximate surface area is 168 Å². The first-order chi connectivity index (χ1) is 13.6. The third-order valence-corrected chi connectivity index (χ3v) is 4.53. The van der Waals surface area contributed by atoms with Gasteiger partial charge in [0.05, 0.1) is 25.9 Å². The fourth-order valence-corrected chi connectivity index (χ4v) is 3.16. The first kappa shape index (κ1) is 22.6. The summed E-state index contributed by atoms with van der Waals surface area (Å²) < 4.78 is 29.8. The molecule has 0 saturated carbocycles. The largest absolute Gasteiger partial charge is 0.382 e. The minimum absolute atomic E-state index is 0.0712. The number of hydrogen-bond acceptors (Lipinski definition) is 4. The molecule has 1 aromatic carbocycles. The van der Waals surface area contributed by atoms with Crippen LogP contribution in [0.3, 0.4) is 0 Å². The number of unbranched alkanes of at least 4 members (excludes halogenated alkanes) is 1. The van der Waals surface area contributed by atoms with Gasteiger partial charge in [-0.3, -0.25) is 4.99 Å². The quantitative estimate of drug-likeness (QED) is 0.375. The van der Waals surface area contributed by atoms with Crippen molar-refractivity contribution in [3.8, 4) is 0 Å². The number of rotatable bonds is 10. The number of guanidine groups is 1. The van der Waals surface area contributed by atoms with E-state index in [0.717, 1.165) is 50.6 Å². The maximum absolute atomic E-state index is 13.2. The first-order valence-corrected chi connectivity index (χ1v) is 10.1. The molecule has 1 aliphatic heterocycles. The van der Waals surface area contributed by atoms with Gasteiger partial charge in [-0.1, -0.05) is 12.1 Å². The van der Waals surface area contributed by atoms with Crippen molar-refractivity contribution in [1.29, 1.82) is 0 Å². The number of benzene rings is 1. The lowest BCUT2D eigenvalue weighted by molar-refractivity contribution is -0.0605. The van der Waals surface area contributed by atoms with Crippen LogP contribution in [0.2, 0.25) is 0 Å². The average molecular weight is 396 g/mol. The summed E-state index contributed by atoms with van der Waals surface area (Å²) in [5.74, 6) is 0.677. The van der Waals surface area contributed by atoms with E-state index >= 15 is 0 Å². The van der Waals surface area contributed by atoms with Gasteiger partial charge >= 0.3 is 0 Å². The van der Waals surface area contributed by atoms with Crippen LogP contribution in [-0.2, 0) is 14.2 Å². The summed E-state index contributed by atoms with van der Waals surface area (Å²) in [4.78, 5) is 7.02. The van der Waals surface area contributed by atoms with Crippen molar-refractivity contribution in [2.75, 3.05) is 53.1 Å². The molecule has 7 heteroatoms. The van der Waals surface area contributed by atoms with Gasteiger partial charge in [-0.15, -0.1) is 0 Å². The predicted molar refractivity (Wildman–Crippen MR) is 109 cm³/mol. The van der Waals surface area contributed by atoms with E-state index in [2.05, 4.69) is 24.1 Å². The molecule has 0 amide bonds. The third-order valence-electron chi connectivity index (χ3n) is 4.53. The van der Waals surface area contributed by atoms with Crippen LogP contribution in [0, 0.1) is 5.82 Å². The van der Waals surface area contributed by atoms with E-state index < -0.39 is 0 Å². The van der Waals surface area contributed by atoms with Crippen LogP contribution in [-0.4, -0.2) is 70.1 Å². The molecule has 1 heterocycles.